The van der Waals surface area contributed by atoms with Gasteiger partial charge in [0.1, 0.15) is 12.3 Å². The Morgan fingerprint density at radius 1 is 1.07 bits per heavy atom. The number of amides is 2. The zero-order valence-corrected chi connectivity index (χ0v) is 16.2. The third-order valence-corrected chi connectivity index (χ3v) is 4.55. The maximum atomic E-state index is 12.5. The van der Waals surface area contributed by atoms with Crippen molar-refractivity contribution in [3.63, 3.8) is 0 Å². The molecule has 1 aliphatic rings. The van der Waals surface area contributed by atoms with Gasteiger partial charge >= 0.3 is 5.97 Å². The van der Waals surface area contributed by atoms with Crippen LogP contribution in [0.5, 0.6) is 5.75 Å². The number of ether oxygens (including phenoxy) is 2. The van der Waals surface area contributed by atoms with Crippen LogP contribution >= 0.6 is 0 Å². The molecule has 1 heterocycles. The molecular formula is C22H21NO6. The molecule has 0 aliphatic carbocycles. The highest BCUT2D eigenvalue weighted by atomic mass is 16.5. The van der Waals surface area contributed by atoms with E-state index in [0.717, 1.165) is 4.90 Å². The molecule has 1 atom stereocenters. The normalized spacial score (nSPS) is 14.2. The van der Waals surface area contributed by atoms with Crippen molar-refractivity contribution in [3.8, 4) is 5.75 Å². The lowest BCUT2D eigenvalue weighted by Gasteiger charge is -2.26. The number of esters is 1. The van der Waals surface area contributed by atoms with Crippen molar-refractivity contribution in [1.29, 1.82) is 0 Å². The lowest BCUT2D eigenvalue weighted by atomic mass is 9.98. The van der Waals surface area contributed by atoms with E-state index in [0.29, 0.717) is 29.0 Å². The van der Waals surface area contributed by atoms with Crippen molar-refractivity contribution < 1.29 is 28.7 Å². The van der Waals surface area contributed by atoms with Gasteiger partial charge in [-0.2, -0.15) is 0 Å². The summed E-state index contributed by atoms with van der Waals surface area (Å²) in [5.74, 6) is -1.59. The van der Waals surface area contributed by atoms with E-state index in [2.05, 4.69) is 0 Å². The zero-order chi connectivity index (χ0) is 21.0. The molecule has 0 saturated carbocycles. The van der Waals surface area contributed by atoms with Crippen LogP contribution in [-0.2, 0) is 20.7 Å². The third kappa shape index (κ3) is 4.51. The molecule has 0 radical (unpaired) electrons. The van der Waals surface area contributed by atoms with E-state index in [1.807, 2.05) is 6.92 Å². The summed E-state index contributed by atoms with van der Waals surface area (Å²) in [6.07, 6.45) is -1.02. The Morgan fingerprint density at radius 3 is 2.45 bits per heavy atom. The van der Waals surface area contributed by atoms with Gasteiger partial charge in [-0.05, 0) is 49.7 Å². The number of benzene rings is 2. The first-order chi connectivity index (χ1) is 13.9. The number of imide groups is 1. The monoisotopic (exact) mass is 395 g/mol. The Balaban J connectivity index is 1.62. The summed E-state index contributed by atoms with van der Waals surface area (Å²) in [6, 6.07) is 13.3. The van der Waals surface area contributed by atoms with Crippen molar-refractivity contribution in [2.75, 3.05) is 13.2 Å². The zero-order valence-electron chi connectivity index (χ0n) is 16.2. The smallest absolute Gasteiger partial charge is 0.326 e. The van der Waals surface area contributed by atoms with Crippen LogP contribution in [0.1, 0.15) is 40.1 Å². The van der Waals surface area contributed by atoms with Crippen molar-refractivity contribution in [2.45, 2.75) is 26.4 Å². The number of ketones is 1. The number of carbonyl (C=O) groups is 4. The largest absolute Gasteiger partial charge is 0.494 e. The second kappa shape index (κ2) is 8.68. The molecule has 0 saturated heterocycles. The van der Waals surface area contributed by atoms with Crippen LogP contribution in [0.15, 0.2) is 48.5 Å². The van der Waals surface area contributed by atoms with Gasteiger partial charge in [0.2, 0.25) is 11.7 Å². The Morgan fingerprint density at radius 2 is 1.76 bits per heavy atom. The average molecular weight is 395 g/mol. The van der Waals surface area contributed by atoms with E-state index in [1.165, 1.54) is 6.92 Å². The second-order valence-electron chi connectivity index (χ2n) is 6.57. The van der Waals surface area contributed by atoms with E-state index in [1.54, 1.807) is 48.5 Å². The highest BCUT2D eigenvalue weighted by molar-refractivity contribution is 6.11. The highest BCUT2D eigenvalue weighted by Gasteiger charge is 2.33. The van der Waals surface area contributed by atoms with Crippen molar-refractivity contribution in [3.05, 3.63) is 65.2 Å². The fourth-order valence-electron chi connectivity index (χ4n) is 3.09. The average Bonchev–Trinajstić information content (AvgIpc) is 2.71. The number of carbonyl (C=O) groups excluding carboxylic acids is 4. The van der Waals surface area contributed by atoms with E-state index in [4.69, 9.17) is 9.47 Å². The quantitative estimate of drug-likeness (QED) is 0.406. The predicted molar refractivity (Wildman–Crippen MR) is 104 cm³/mol. The molecule has 2 aromatic rings. The van der Waals surface area contributed by atoms with Gasteiger partial charge < -0.3 is 9.47 Å². The molecule has 0 bridgehead atoms. The molecule has 150 valence electrons. The molecule has 7 nitrogen and oxygen atoms in total. The molecule has 0 spiro atoms. The molecule has 29 heavy (non-hydrogen) atoms. The van der Waals surface area contributed by atoms with Gasteiger partial charge in [-0.25, -0.2) is 0 Å². The summed E-state index contributed by atoms with van der Waals surface area (Å²) in [4.78, 5) is 50.3. The summed E-state index contributed by atoms with van der Waals surface area (Å²) in [5, 5.41) is 0. The summed E-state index contributed by atoms with van der Waals surface area (Å²) < 4.78 is 10.5. The first kappa shape index (κ1) is 20.3. The molecule has 7 heteroatoms. The molecule has 1 aliphatic heterocycles. The second-order valence-corrected chi connectivity index (χ2v) is 6.57. The number of Topliss-reactive ketones (excluding diaryl/α,β-unsaturated/α-hetero) is 1. The molecule has 0 aromatic heterocycles. The van der Waals surface area contributed by atoms with Gasteiger partial charge in [-0.3, -0.25) is 24.1 Å². The first-order valence-electron chi connectivity index (χ1n) is 9.30. The summed E-state index contributed by atoms with van der Waals surface area (Å²) >= 11 is 0. The summed E-state index contributed by atoms with van der Waals surface area (Å²) in [7, 11) is 0. The van der Waals surface area contributed by atoms with E-state index in [9.17, 15) is 19.2 Å². The third-order valence-electron chi connectivity index (χ3n) is 4.55. The number of nitrogens with zero attached hydrogens (tertiary/aromatic N) is 1. The van der Waals surface area contributed by atoms with Crippen molar-refractivity contribution >= 4 is 23.6 Å². The highest BCUT2D eigenvalue weighted by Crippen LogP contribution is 2.20. The molecule has 0 unspecified atom stereocenters. The minimum Gasteiger partial charge on any atom is -0.494 e. The molecule has 0 N–H and O–H groups in total. The topological polar surface area (TPSA) is 90.0 Å². The van der Waals surface area contributed by atoms with Crippen LogP contribution in [-0.4, -0.2) is 47.7 Å². The lowest BCUT2D eigenvalue weighted by molar-refractivity contribution is -0.150. The Kier molecular flexibility index (Phi) is 6.07. The van der Waals surface area contributed by atoms with Crippen molar-refractivity contribution in [2.24, 2.45) is 0 Å². The minimum absolute atomic E-state index is 0.0376. The van der Waals surface area contributed by atoms with E-state index < -0.39 is 30.4 Å². The molecule has 0 fully saturated rings. The summed E-state index contributed by atoms with van der Waals surface area (Å²) in [5.41, 5.74) is 1.39. The van der Waals surface area contributed by atoms with Crippen molar-refractivity contribution in [1.82, 2.24) is 4.90 Å². The van der Waals surface area contributed by atoms with Gasteiger partial charge in [0.15, 0.2) is 6.10 Å². The van der Waals surface area contributed by atoms with E-state index >= 15 is 0 Å². The molecule has 2 aromatic carbocycles. The number of rotatable bonds is 7. The molecule has 2 amide bonds. The Bertz CT molecular complexity index is 950. The number of hydrogen-bond donors (Lipinski definition) is 0. The van der Waals surface area contributed by atoms with Gasteiger partial charge in [0, 0.05) is 11.1 Å². The van der Waals surface area contributed by atoms with E-state index in [-0.39, 0.29) is 12.2 Å². The number of fused-ring (bicyclic) bond motifs is 1. The van der Waals surface area contributed by atoms with Crippen LogP contribution in [0.3, 0.4) is 0 Å². The standard InChI is InChI=1S/C22H21NO6/c1-3-28-17-10-8-15(9-11-17)21(26)14(2)29-20(25)13-23-19(24)12-16-6-4-5-7-18(16)22(23)27/h4-11,14H,3,12-13H2,1-2H3/t14-/m0/s1. The maximum absolute atomic E-state index is 12.5. The van der Waals surface area contributed by atoms with Crippen LogP contribution in [0.2, 0.25) is 0 Å². The first-order valence-corrected chi connectivity index (χ1v) is 9.30. The van der Waals surface area contributed by atoms with Crippen LogP contribution in [0, 0.1) is 0 Å². The summed E-state index contributed by atoms with van der Waals surface area (Å²) in [6.45, 7) is 3.29. The SMILES string of the molecule is CCOc1ccc(C(=O)[C@H](C)OC(=O)CN2C(=O)Cc3ccccc3C2=O)cc1. The Labute approximate surface area is 168 Å². The fraction of sp³-hybridized carbons (Fsp3) is 0.273. The van der Waals surface area contributed by atoms with Crippen LogP contribution in [0.4, 0.5) is 0 Å². The Hall–Kier alpha value is -3.48. The van der Waals surface area contributed by atoms with Crippen LogP contribution < -0.4 is 4.74 Å². The van der Waals surface area contributed by atoms with Crippen LogP contribution in [0.25, 0.3) is 0 Å². The number of hydrogen-bond acceptors (Lipinski definition) is 6. The van der Waals surface area contributed by atoms with Gasteiger partial charge in [-0.1, -0.05) is 18.2 Å². The molecule has 3 rings (SSSR count). The maximum Gasteiger partial charge on any atom is 0.326 e. The van der Waals surface area contributed by atoms with Gasteiger partial charge in [0.25, 0.3) is 5.91 Å². The molecular weight excluding hydrogens is 374 g/mol. The minimum atomic E-state index is -1.05. The predicted octanol–water partition coefficient (Wildman–Crippen LogP) is 2.42. The fourth-order valence-corrected chi connectivity index (χ4v) is 3.09. The van der Waals surface area contributed by atoms with Gasteiger partial charge in [-0.15, -0.1) is 0 Å². The van der Waals surface area contributed by atoms with Gasteiger partial charge in [0.05, 0.1) is 13.0 Å². The lowest BCUT2D eigenvalue weighted by Crippen LogP contribution is -2.46.